The summed E-state index contributed by atoms with van der Waals surface area (Å²) in [5.41, 5.74) is 3.36. The maximum atomic E-state index is 13.3. The monoisotopic (exact) mass is 502 g/mol. The van der Waals surface area contributed by atoms with E-state index in [0.717, 1.165) is 11.1 Å². The molecule has 0 saturated heterocycles. The first-order chi connectivity index (χ1) is 16.2. The zero-order chi connectivity index (χ0) is 24.4. The van der Waals surface area contributed by atoms with Crippen LogP contribution in [0.5, 0.6) is 5.75 Å². The van der Waals surface area contributed by atoms with E-state index in [4.69, 9.17) is 32.5 Å². The first-order valence-electron chi connectivity index (χ1n) is 10.3. The maximum Gasteiger partial charge on any atom is 0.279 e. The first-order valence-corrected chi connectivity index (χ1v) is 11.1. The molecular weight excluding hydrogens is 482 g/mol. The fourth-order valence-corrected chi connectivity index (χ4v) is 3.83. The molecule has 2 heterocycles. The Bertz CT molecular complexity index is 1370. The maximum absolute atomic E-state index is 13.3. The van der Waals surface area contributed by atoms with E-state index in [-0.39, 0.29) is 34.7 Å². The highest BCUT2D eigenvalue weighted by Gasteiger charge is 2.22. The van der Waals surface area contributed by atoms with Gasteiger partial charge in [0.25, 0.3) is 5.91 Å². The highest BCUT2D eigenvalue weighted by atomic mass is 35.5. The van der Waals surface area contributed by atoms with Crippen molar-refractivity contribution in [3.8, 4) is 5.75 Å². The molecule has 7 nitrogen and oxygen atoms in total. The summed E-state index contributed by atoms with van der Waals surface area (Å²) in [4.78, 5) is 12.9. The van der Waals surface area contributed by atoms with Crippen molar-refractivity contribution in [2.75, 3.05) is 5.32 Å². The van der Waals surface area contributed by atoms with Gasteiger partial charge in [0.15, 0.2) is 11.5 Å². The van der Waals surface area contributed by atoms with Gasteiger partial charge in [-0.2, -0.15) is 5.10 Å². The number of ether oxygens (including phenoxy) is 1. The molecule has 0 saturated carbocycles. The Morgan fingerprint density at radius 3 is 2.68 bits per heavy atom. The summed E-state index contributed by atoms with van der Waals surface area (Å²) in [6, 6.07) is 9.94. The number of hydrogen-bond donors (Lipinski definition) is 1. The Balaban J connectivity index is 1.48. The number of amides is 1. The van der Waals surface area contributed by atoms with E-state index < -0.39 is 11.7 Å². The molecule has 0 aliphatic rings. The SMILES string of the molecule is Cc1ccc(OCc2c(C(=O)Nc3nn(Cc4ccc(F)cc4Cl)cc3Cl)noc2C)c(C)c1. The summed E-state index contributed by atoms with van der Waals surface area (Å²) in [7, 11) is 0. The Labute approximate surface area is 205 Å². The predicted molar refractivity (Wildman–Crippen MR) is 127 cm³/mol. The molecule has 34 heavy (non-hydrogen) atoms. The van der Waals surface area contributed by atoms with E-state index in [2.05, 4.69) is 15.6 Å². The van der Waals surface area contributed by atoms with Gasteiger partial charge in [-0.05, 0) is 50.1 Å². The number of nitrogens with one attached hydrogen (secondary N) is 1. The van der Waals surface area contributed by atoms with Gasteiger partial charge in [-0.15, -0.1) is 0 Å². The molecule has 4 rings (SSSR count). The van der Waals surface area contributed by atoms with Crippen molar-refractivity contribution in [3.63, 3.8) is 0 Å². The molecule has 4 aromatic rings. The van der Waals surface area contributed by atoms with Crippen LogP contribution in [0.4, 0.5) is 10.2 Å². The Morgan fingerprint density at radius 2 is 1.94 bits per heavy atom. The number of halogens is 3. The van der Waals surface area contributed by atoms with Crippen molar-refractivity contribution < 1.29 is 18.4 Å². The van der Waals surface area contributed by atoms with Gasteiger partial charge in [-0.25, -0.2) is 4.39 Å². The largest absolute Gasteiger partial charge is 0.488 e. The van der Waals surface area contributed by atoms with Crippen LogP contribution in [0.25, 0.3) is 0 Å². The van der Waals surface area contributed by atoms with Crippen LogP contribution in [-0.2, 0) is 13.2 Å². The van der Waals surface area contributed by atoms with Crippen molar-refractivity contribution >= 4 is 34.9 Å². The van der Waals surface area contributed by atoms with Gasteiger partial charge in [0.2, 0.25) is 0 Å². The number of benzene rings is 2. The Morgan fingerprint density at radius 1 is 1.15 bits per heavy atom. The quantitative estimate of drug-likeness (QED) is 0.329. The molecule has 0 atom stereocenters. The summed E-state index contributed by atoms with van der Waals surface area (Å²) in [5, 5.41) is 11.3. The second-order valence-corrected chi connectivity index (χ2v) is 8.65. The average molecular weight is 503 g/mol. The number of carbonyl (C=O) groups excluding carboxylic acids is 1. The van der Waals surface area contributed by atoms with Crippen LogP contribution in [-0.4, -0.2) is 20.8 Å². The molecule has 0 radical (unpaired) electrons. The molecule has 176 valence electrons. The van der Waals surface area contributed by atoms with Gasteiger partial charge < -0.3 is 14.6 Å². The highest BCUT2D eigenvalue weighted by molar-refractivity contribution is 6.33. The third-order valence-electron chi connectivity index (χ3n) is 5.20. The van der Waals surface area contributed by atoms with E-state index in [1.807, 2.05) is 32.0 Å². The first kappa shape index (κ1) is 23.8. The number of carbonyl (C=O) groups is 1. The molecule has 0 aliphatic heterocycles. The van der Waals surface area contributed by atoms with Crippen molar-refractivity contribution in [1.29, 1.82) is 0 Å². The zero-order valence-corrected chi connectivity index (χ0v) is 20.2. The second-order valence-electron chi connectivity index (χ2n) is 7.84. The molecular formula is C24H21Cl2FN4O3. The number of rotatable bonds is 7. The molecule has 0 spiro atoms. The van der Waals surface area contributed by atoms with Gasteiger partial charge in [0.1, 0.15) is 29.0 Å². The van der Waals surface area contributed by atoms with E-state index >= 15 is 0 Å². The minimum Gasteiger partial charge on any atom is -0.488 e. The average Bonchev–Trinajstić information content (AvgIpc) is 3.31. The number of nitrogens with zero attached hydrogens (tertiary/aromatic N) is 3. The molecule has 10 heteroatoms. The van der Waals surface area contributed by atoms with Gasteiger partial charge in [0.05, 0.1) is 12.1 Å². The van der Waals surface area contributed by atoms with Crippen molar-refractivity contribution in [2.24, 2.45) is 0 Å². The van der Waals surface area contributed by atoms with Crippen LogP contribution in [0.2, 0.25) is 10.0 Å². The van der Waals surface area contributed by atoms with Gasteiger partial charge in [0, 0.05) is 11.2 Å². The third kappa shape index (κ3) is 5.24. The van der Waals surface area contributed by atoms with E-state index in [1.54, 1.807) is 13.0 Å². The predicted octanol–water partition coefficient (Wildman–Crippen LogP) is 6.12. The smallest absolute Gasteiger partial charge is 0.279 e. The molecule has 2 aromatic heterocycles. The molecule has 1 N–H and O–H groups in total. The van der Waals surface area contributed by atoms with Gasteiger partial charge >= 0.3 is 0 Å². The van der Waals surface area contributed by atoms with E-state index in [1.165, 1.54) is 23.0 Å². The van der Waals surface area contributed by atoms with Crippen LogP contribution < -0.4 is 10.1 Å². The number of hydrogen-bond acceptors (Lipinski definition) is 5. The lowest BCUT2D eigenvalue weighted by Gasteiger charge is -2.10. The Kier molecular flexibility index (Phi) is 6.90. The van der Waals surface area contributed by atoms with Crippen LogP contribution in [0.3, 0.4) is 0 Å². The zero-order valence-electron chi connectivity index (χ0n) is 18.7. The number of anilines is 1. The second kappa shape index (κ2) is 9.87. The minimum absolute atomic E-state index is 0.0782. The van der Waals surface area contributed by atoms with Crippen LogP contribution in [0.15, 0.2) is 47.1 Å². The van der Waals surface area contributed by atoms with Crippen LogP contribution in [0.1, 0.15) is 38.5 Å². The molecule has 0 unspecified atom stereocenters. The van der Waals surface area contributed by atoms with Gasteiger partial charge in [-0.3, -0.25) is 9.48 Å². The highest BCUT2D eigenvalue weighted by Crippen LogP contribution is 2.25. The summed E-state index contributed by atoms with van der Waals surface area (Å²) >= 11 is 12.4. The van der Waals surface area contributed by atoms with Crippen molar-refractivity contribution in [1.82, 2.24) is 14.9 Å². The summed E-state index contributed by atoms with van der Waals surface area (Å²) in [6.45, 7) is 6.01. The lowest BCUT2D eigenvalue weighted by molar-refractivity contribution is 0.101. The molecule has 0 fully saturated rings. The number of aromatic nitrogens is 3. The molecule has 2 aromatic carbocycles. The summed E-state index contributed by atoms with van der Waals surface area (Å²) in [6.07, 6.45) is 1.54. The fraction of sp³-hybridized carbons (Fsp3) is 0.208. The molecule has 0 aliphatic carbocycles. The van der Waals surface area contributed by atoms with E-state index in [0.29, 0.717) is 22.6 Å². The molecule has 1 amide bonds. The standard InChI is InChI=1S/C24H21Cl2FN4O3/c1-13-4-7-21(14(2)8-13)33-12-18-15(3)34-30-22(18)24(32)28-23-20(26)11-31(29-23)10-16-5-6-17(27)9-19(16)25/h4-9,11H,10,12H2,1-3H3,(H,28,29,32). The van der Waals surface area contributed by atoms with Gasteiger partial charge in [-0.1, -0.05) is 52.1 Å². The minimum atomic E-state index is -0.539. The van der Waals surface area contributed by atoms with E-state index in [9.17, 15) is 9.18 Å². The summed E-state index contributed by atoms with van der Waals surface area (Å²) < 4.78 is 25.9. The normalized spacial score (nSPS) is 11.0. The van der Waals surface area contributed by atoms with Crippen LogP contribution in [0, 0.1) is 26.6 Å². The topological polar surface area (TPSA) is 82.2 Å². The summed E-state index contributed by atoms with van der Waals surface area (Å²) in [5.74, 6) is 0.353. The van der Waals surface area contributed by atoms with Crippen LogP contribution >= 0.6 is 23.2 Å². The lowest BCUT2D eigenvalue weighted by atomic mass is 10.1. The van der Waals surface area contributed by atoms with Crippen molar-refractivity contribution in [3.05, 3.63) is 92.2 Å². The number of aryl methyl sites for hydroxylation is 3. The lowest BCUT2D eigenvalue weighted by Crippen LogP contribution is -2.16. The van der Waals surface area contributed by atoms with Crippen molar-refractivity contribution in [2.45, 2.75) is 33.9 Å². The molecule has 0 bridgehead atoms. The fourth-order valence-electron chi connectivity index (χ4n) is 3.40. The third-order valence-corrected chi connectivity index (χ3v) is 5.83. The Hall–Kier alpha value is -3.36.